The fourth-order valence-electron chi connectivity index (χ4n) is 4.30. The van der Waals surface area contributed by atoms with Crippen LogP contribution in [-0.2, 0) is 11.2 Å². The minimum absolute atomic E-state index is 0.0882. The largest absolute Gasteiger partial charge is 0.333 e. The molecule has 0 bridgehead atoms. The predicted molar refractivity (Wildman–Crippen MR) is 136 cm³/mol. The quantitative estimate of drug-likeness (QED) is 0.351. The molecule has 0 spiro atoms. The molecule has 0 radical (unpaired) electrons. The highest BCUT2D eigenvalue weighted by Gasteiger charge is 2.28. The van der Waals surface area contributed by atoms with Crippen LogP contribution in [0.25, 0.3) is 16.6 Å². The lowest BCUT2D eigenvalue weighted by Crippen LogP contribution is -2.39. The van der Waals surface area contributed by atoms with Gasteiger partial charge in [-0.25, -0.2) is 4.98 Å². The molecule has 3 rings (SSSR count). The zero-order chi connectivity index (χ0) is 23.8. The molecule has 1 aromatic heterocycles. The summed E-state index contributed by atoms with van der Waals surface area (Å²) in [5.41, 5.74) is 2.59. The van der Waals surface area contributed by atoms with Crippen LogP contribution in [0.5, 0.6) is 0 Å². The van der Waals surface area contributed by atoms with Gasteiger partial charge in [0.05, 0.1) is 22.6 Å². The van der Waals surface area contributed by atoms with Gasteiger partial charge in [0.25, 0.3) is 5.56 Å². The van der Waals surface area contributed by atoms with Crippen LogP contribution in [0.1, 0.15) is 83.6 Å². The van der Waals surface area contributed by atoms with Gasteiger partial charge in [-0.1, -0.05) is 64.8 Å². The number of amides is 1. The molecular formula is C28H37N3O2. The molecular weight excluding hydrogens is 410 g/mol. The minimum atomic E-state index is -0.260. The third-order valence-corrected chi connectivity index (χ3v) is 6.28. The lowest BCUT2D eigenvalue weighted by Gasteiger charge is -2.32. The molecule has 0 N–H and O–H groups in total. The van der Waals surface area contributed by atoms with Crippen molar-refractivity contribution >= 4 is 16.8 Å². The van der Waals surface area contributed by atoms with Crippen LogP contribution >= 0.6 is 0 Å². The second kappa shape index (κ2) is 11.8. The van der Waals surface area contributed by atoms with E-state index in [0.29, 0.717) is 36.1 Å². The molecule has 0 aliphatic heterocycles. The van der Waals surface area contributed by atoms with Gasteiger partial charge in [0, 0.05) is 13.0 Å². The molecule has 2 aromatic carbocycles. The topological polar surface area (TPSA) is 55.2 Å². The number of carbonyl (C=O) groups is 1. The number of rotatable bonds is 11. The number of carbonyl (C=O) groups excluding carboxylic acids is 1. The van der Waals surface area contributed by atoms with Crippen LogP contribution in [0.3, 0.4) is 0 Å². The molecule has 1 atom stereocenters. The lowest BCUT2D eigenvalue weighted by atomic mass is 10.1. The molecule has 0 fully saturated rings. The van der Waals surface area contributed by atoms with E-state index < -0.39 is 0 Å². The van der Waals surface area contributed by atoms with Gasteiger partial charge in [0.2, 0.25) is 5.91 Å². The van der Waals surface area contributed by atoms with E-state index in [2.05, 4.69) is 39.8 Å². The summed E-state index contributed by atoms with van der Waals surface area (Å²) < 4.78 is 1.72. The highest BCUT2D eigenvalue weighted by atomic mass is 16.2. The second-order valence-electron chi connectivity index (χ2n) is 8.62. The monoisotopic (exact) mass is 447 g/mol. The maximum Gasteiger partial charge on any atom is 0.266 e. The number of unbranched alkanes of at least 4 members (excludes halogenated alkanes) is 2. The SMILES string of the molecule is CCCCC(=O)N(CCCC)C(CC)c1nc2ccccc2c(=O)n1-c1ccc(CC)cc1. The van der Waals surface area contributed by atoms with Crippen LogP contribution in [0.2, 0.25) is 0 Å². The first-order chi connectivity index (χ1) is 16.0. The third-order valence-electron chi connectivity index (χ3n) is 6.28. The molecule has 3 aromatic rings. The predicted octanol–water partition coefficient (Wildman–Crippen LogP) is 6.22. The van der Waals surface area contributed by atoms with E-state index in [4.69, 9.17) is 4.98 Å². The number of aryl methyl sites for hydroxylation is 1. The van der Waals surface area contributed by atoms with Gasteiger partial charge in [-0.3, -0.25) is 14.2 Å². The Morgan fingerprint density at radius 1 is 0.970 bits per heavy atom. The van der Waals surface area contributed by atoms with E-state index in [9.17, 15) is 9.59 Å². The second-order valence-corrected chi connectivity index (χ2v) is 8.62. The molecule has 0 saturated heterocycles. The van der Waals surface area contributed by atoms with Crippen molar-refractivity contribution in [1.82, 2.24) is 14.5 Å². The van der Waals surface area contributed by atoms with Gasteiger partial charge in [-0.15, -0.1) is 0 Å². The van der Waals surface area contributed by atoms with Gasteiger partial charge < -0.3 is 4.90 Å². The first kappa shape index (κ1) is 24.7. The van der Waals surface area contributed by atoms with Crippen LogP contribution in [0, 0.1) is 0 Å². The van der Waals surface area contributed by atoms with Gasteiger partial charge in [-0.2, -0.15) is 0 Å². The average Bonchev–Trinajstić information content (AvgIpc) is 2.85. The number of para-hydroxylation sites is 1. The zero-order valence-electron chi connectivity index (χ0n) is 20.5. The van der Waals surface area contributed by atoms with E-state index in [1.165, 1.54) is 5.56 Å². The highest BCUT2D eigenvalue weighted by Crippen LogP contribution is 2.27. The first-order valence-corrected chi connectivity index (χ1v) is 12.5. The van der Waals surface area contributed by atoms with Crippen molar-refractivity contribution in [2.45, 2.75) is 78.7 Å². The molecule has 0 aliphatic carbocycles. The molecule has 1 unspecified atom stereocenters. The Morgan fingerprint density at radius 3 is 2.30 bits per heavy atom. The van der Waals surface area contributed by atoms with E-state index in [1.807, 2.05) is 41.3 Å². The molecule has 0 aliphatic rings. The van der Waals surface area contributed by atoms with Crippen LogP contribution in [0.15, 0.2) is 53.3 Å². The Kier molecular flexibility index (Phi) is 8.81. The smallest absolute Gasteiger partial charge is 0.266 e. The molecule has 176 valence electrons. The number of fused-ring (bicyclic) bond motifs is 1. The molecule has 1 amide bonds. The van der Waals surface area contributed by atoms with Crippen molar-refractivity contribution in [1.29, 1.82) is 0 Å². The third kappa shape index (κ3) is 5.52. The average molecular weight is 448 g/mol. The van der Waals surface area contributed by atoms with Gasteiger partial charge in [0.15, 0.2) is 0 Å². The van der Waals surface area contributed by atoms with Crippen molar-refractivity contribution in [2.75, 3.05) is 6.54 Å². The molecule has 5 nitrogen and oxygen atoms in total. The molecule has 0 saturated carbocycles. The Bertz CT molecular complexity index is 1120. The van der Waals surface area contributed by atoms with Crippen molar-refractivity contribution < 1.29 is 4.79 Å². The molecule has 1 heterocycles. The van der Waals surface area contributed by atoms with E-state index in [-0.39, 0.29) is 17.5 Å². The van der Waals surface area contributed by atoms with Gasteiger partial charge >= 0.3 is 0 Å². The summed E-state index contributed by atoms with van der Waals surface area (Å²) in [6.45, 7) is 9.10. The standard InChI is InChI=1S/C28H37N3O2/c1-5-9-15-26(32)30(20-10-6-2)25(8-4)27-29-24-14-12-11-13-23(24)28(33)31(27)22-18-16-21(7-3)17-19-22/h11-14,16-19,25H,5-10,15,20H2,1-4H3. The van der Waals surface area contributed by atoms with Crippen LogP contribution < -0.4 is 5.56 Å². The van der Waals surface area contributed by atoms with E-state index in [0.717, 1.165) is 37.8 Å². The minimum Gasteiger partial charge on any atom is -0.333 e. The maximum absolute atomic E-state index is 13.7. The van der Waals surface area contributed by atoms with Crippen molar-refractivity contribution in [3.8, 4) is 5.69 Å². The summed E-state index contributed by atoms with van der Waals surface area (Å²) in [7, 11) is 0. The van der Waals surface area contributed by atoms with Crippen molar-refractivity contribution in [3.63, 3.8) is 0 Å². The van der Waals surface area contributed by atoms with Crippen LogP contribution in [0.4, 0.5) is 0 Å². The summed E-state index contributed by atoms with van der Waals surface area (Å²) in [5.74, 6) is 0.791. The first-order valence-electron chi connectivity index (χ1n) is 12.5. The fraction of sp³-hybridized carbons (Fsp3) is 0.464. The van der Waals surface area contributed by atoms with Gasteiger partial charge in [0.1, 0.15) is 5.82 Å². The fourth-order valence-corrected chi connectivity index (χ4v) is 4.30. The Hall–Kier alpha value is -2.95. The van der Waals surface area contributed by atoms with Crippen molar-refractivity contribution in [2.24, 2.45) is 0 Å². The van der Waals surface area contributed by atoms with Crippen LogP contribution in [-0.4, -0.2) is 26.9 Å². The Balaban J connectivity index is 2.22. The number of hydrogen-bond acceptors (Lipinski definition) is 3. The Morgan fingerprint density at radius 2 is 1.67 bits per heavy atom. The molecule has 33 heavy (non-hydrogen) atoms. The normalized spacial score (nSPS) is 12.1. The number of nitrogens with zero attached hydrogens (tertiary/aromatic N) is 3. The number of benzene rings is 2. The summed E-state index contributed by atoms with van der Waals surface area (Å²) in [4.78, 5) is 33.9. The number of aromatic nitrogens is 2. The summed E-state index contributed by atoms with van der Waals surface area (Å²) in [6, 6.07) is 15.3. The van der Waals surface area contributed by atoms with Gasteiger partial charge in [-0.05, 0) is 55.5 Å². The number of hydrogen-bond donors (Lipinski definition) is 0. The zero-order valence-corrected chi connectivity index (χ0v) is 20.5. The van der Waals surface area contributed by atoms with E-state index >= 15 is 0 Å². The highest BCUT2D eigenvalue weighted by molar-refractivity contribution is 5.79. The summed E-state index contributed by atoms with van der Waals surface area (Å²) in [5, 5.41) is 0.591. The summed E-state index contributed by atoms with van der Waals surface area (Å²) in [6.07, 6.45) is 5.94. The maximum atomic E-state index is 13.7. The molecule has 5 heteroatoms. The van der Waals surface area contributed by atoms with E-state index in [1.54, 1.807) is 4.57 Å². The lowest BCUT2D eigenvalue weighted by molar-refractivity contribution is -0.134. The Labute approximate surface area is 197 Å². The van der Waals surface area contributed by atoms with Crippen molar-refractivity contribution in [3.05, 3.63) is 70.3 Å². The summed E-state index contributed by atoms with van der Waals surface area (Å²) >= 11 is 0.